The van der Waals surface area contributed by atoms with Crippen molar-refractivity contribution in [3.05, 3.63) is 30.5 Å². The maximum Gasteiger partial charge on any atom is 0.310 e. The largest absolute Gasteiger partial charge is 0.442 e. The highest BCUT2D eigenvalue weighted by molar-refractivity contribution is 5.77. The molecule has 4 nitrogen and oxygen atoms in total. The number of hydrogen-bond donors (Lipinski definition) is 0. The first kappa shape index (κ1) is 12.2. The number of rotatable bonds is 3. The molecule has 1 aliphatic carbocycles. The molecule has 0 amide bonds. The van der Waals surface area contributed by atoms with E-state index in [1.165, 1.54) is 6.42 Å². The van der Waals surface area contributed by atoms with Gasteiger partial charge in [-0.05, 0) is 18.9 Å². The van der Waals surface area contributed by atoms with Crippen LogP contribution in [-0.4, -0.2) is 15.7 Å². The number of benzene rings is 1. The van der Waals surface area contributed by atoms with Crippen LogP contribution in [0.3, 0.4) is 0 Å². The predicted molar refractivity (Wildman–Crippen MR) is 72.4 cm³/mol. The SMILES string of the molecule is O=C(OCn1cc2ccccc2n1)C1CCCCC1. The van der Waals surface area contributed by atoms with Crippen molar-refractivity contribution >= 4 is 16.9 Å². The lowest BCUT2D eigenvalue weighted by Crippen LogP contribution is -2.21. The van der Waals surface area contributed by atoms with Gasteiger partial charge in [-0.15, -0.1) is 0 Å². The smallest absolute Gasteiger partial charge is 0.310 e. The zero-order valence-corrected chi connectivity index (χ0v) is 10.9. The van der Waals surface area contributed by atoms with Crippen LogP contribution < -0.4 is 0 Å². The van der Waals surface area contributed by atoms with Crippen LogP contribution in [0, 0.1) is 5.92 Å². The van der Waals surface area contributed by atoms with Crippen molar-refractivity contribution in [2.75, 3.05) is 0 Å². The minimum absolute atomic E-state index is 0.0701. The zero-order chi connectivity index (χ0) is 13.1. The Morgan fingerprint density at radius 2 is 2.05 bits per heavy atom. The summed E-state index contributed by atoms with van der Waals surface area (Å²) in [5.74, 6) is 0.0259. The van der Waals surface area contributed by atoms with Gasteiger partial charge in [-0.25, -0.2) is 4.68 Å². The molecular weight excluding hydrogens is 240 g/mol. The van der Waals surface area contributed by atoms with Crippen molar-refractivity contribution in [1.29, 1.82) is 0 Å². The van der Waals surface area contributed by atoms with Crippen molar-refractivity contribution in [2.24, 2.45) is 5.92 Å². The lowest BCUT2D eigenvalue weighted by molar-refractivity contribution is -0.154. The number of nitrogens with zero attached hydrogens (tertiary/aromatic N) is 2. The molecule has 0 radical (unpaired) electrons. The molecule has 3 rings (SSSR count). The molecule has 0 atom stereocenters. The number of fused-ring (bicyclic) bond motifs is 1. The van der Waals surface area contributed by atoms with E-state index in [4.69, 9.17) is 4.74 Å². The van der Waals surface area contributed by atoms with E-state index in [0.717, 1.165) is 36.6 Å². The van der Waals surface area contributed by atoms with E-state index in [1.54, 1.807) is 4.68 Å². The van der Waals surface area contributed by atoms with E-state index >= 15 is 0 Å². The van der Waals surface area contributed by atoms with Gasteiger partial charge in [0, 0.05) is 11.6 Å². The molecule has 0 bridgehead atoms. The van der Waals surface area contributed by atoms with Crippen LogP contribution in [0.1, 0.15) is 32.1 Å². The van der Waals surface area contributed by atoms with Crippen molar-refractivity contribution in [3.8, 4) is 0 Å². The minimum Gasteiger partial charge on any atom is -0.442 e. The third-order valence-electron chi connectivity index (χ3n) is 3.74. The van der Waals surface area contributed by atoms with Gasteiger partial charge < -0.3 is 4.74 Å². The lowest BCUT2D eigenvalue weighted by atomic mass is 9.89. The average molecular weight is 258 g/mol. The van der Waals surface area contributed by atoms with Crippen LogP contribution in [0.5, 0.6) is 0 Å². The topological polar surface area (TPSA) is 44.1 Å². The Bertz CT molecular complexity index is 537. The molecule has 0 unspecified atom stereocenters. The van der Waals surface area contributed by atoms with Crippen LogP contribution in [0.25, 0.3) is 10.9 Å². The summed E-state index contributed by atoms with van der Waals surface area (Å²) in [5.41, 5.74) is 0.927. The fourth-order valence-electron chi connectivity index (χ4n) is 2.67. The molecule has 1 aromatic carbocycles. The summed E-state index contributed by atoms with van der Waals surface area (Å²) >= 11 is 0. The first-order valence-electron chi connectivity index (χ1n) is 6.92. The van der Waals surface area contributed by atoms with Gasteiger partial charge in [-0.1, -0.05) is 37.5 Å². The number of carbonyl (C=O) groups is 1. The minimum atomic E-state index is -0.0701. The van der Waals surface area contributed by atoms with E-state index in [0.29, 0.717) is 0 Å². The second-order valence-electron chi connectivity index (χ2n) is 5.15. The summed E-state index contributed by atoms with van der Waals surface area (Å²) < 4.78 is 7.04. The Hall–Kier alpha value is -1.84. The van der Waals surface area contributed by atoms with E-state index in [-0.39, 0.29) is 18.6 Å². The maximum atomic E-state index is 11.9. The molecule has 0 N–H and O–H groups in total. The van der Waals surface area contributed by atoms with Gasteiger partial charge in [0.2, 0.25) is 0 Å². The van der Waals surface area contributed by atoms with Crippen LogP contribution in [0.15, 0.2) is 30.5 Å². The van der Waals surface area contributed by atoms with Gasteiger partial charge in [0.05, 0.1) is 11.4 Å². The number of hydrogen-bond acceptors (Lipinski definition) is 3. The van der Waals surface area contributed by atoms with E-state index in [1.807, 2.05) is 30.5 Å². The second-order valence-corrected chi connectivity index (χ2v) is 5.15. The Morgan fingerprint density at radius 3 is 2.84 bits per heavy atom. The first-order chi connectivity index (χ1) is 9.33. The fourth-order valence-corrected chi connectivity index (χ4v) is 2.67. The highest BCUT2D eigenvalue weighted by Crippen LogP contribution is 2.24. The van der Waals surface area contributed by atoms with Gasteiger partial charge >= 0.3 is 5.97 Å². The molecule has 4 heteroatoms. The molecule has 1 aliphatic rings. The van der Waals surface area contributed by atoms with Crippen molar-refractivity contribution < 1.29 is 9.53 Å². The Balaban J connectivity index is 1.60. The van der Waals surface area contributed by atoms with Gasteiger partial charge in [0.1, 0.15) is 0 Å². The van der Waals surface area contributed by atoms with Gasteiger partial charge in [0.15, 0.2) is 6.73 Å². The second kappa shape index (κ2) is 5.43. The normalized spacial score (nSPS) is 16.6. The maximum absolute atomic E-state index is 11.9. The van der Waals surface area contributed by atoms with Gasteiger partial charge in [0.25, 0.3) is 0 Å². The molecule has 0 saturated heterocycles. The van der Waals surface area contributed by atoms with E-state index in [9.17, 15) is 4.79 Å². The third-order valence-corrected chi connectivity index (χ3v) is 3.74. The zero-order valence-electron chi connectivity index (χ0n) is 10.9. The Kier molecular flexibility index (Phi) is 3.49. The Morgan fingerprint density at radius 1 is 1.26 bits per heavy atom. The van der Waals surface area contributed by atoms with Gasteiger partial charge in [-0.3, -0.25) is 4.79 Å². The predicted octanol–water partition coefficient (Wildman–Crippen LogP) is 3.12. The molecule has 1 saturated carbocycles. The van der Waals surface area contributed by atoms with Crippen LogP contribution >= 0.6 is 0 Å². The van der Waals surface area contributed by atoms with Gasteiger partial charge in [-0.2, -0.15) is 5.10 Å². The highest BCUT2D eigenvalue weighted by Gasteiger charge is 2.22. The quantitative estimate of drug-likeness (QED) is 0.794. The van der Waals surface area contributed by atoms with Crippen molar-refractivity contribution in [3.63, 3.8) is 0 Å². The molecule has 1 heterocycles. The summed E-state index contributed by atoms with van der Waals surface area (Å²) in [7, 11) is 0. The monoisotopic (exact) mass is 258 g/mol. The molecule has 19 heavy (non-hydrogen) atoms. The molecule has 0 aliphatic heterocycles. The summed E-state index contributed by atoms with van der Waals surface area (Å²) in [6.07, 6.45) is 7.38. The van der Waals surface area contributed by atoms with Crippen molar-refractivity contribution in [2.45, 2.75) is 38.8 Å². The van der Waals surface area contributed by atoms with Crippen molar-refractivity contribution in [1.82, 2.24) is 9.78 Å². The van der Waals surface area contributed by atoms with Crippen LogP contribution in [0.2, 0.25) is 0 Å². The summed E-state index contributed by atoms with van der Waals surface area (Å²) in [6.45, 7) is 0.212. The van der Waals surface area contributed by atoms with Crippen LogP contribution in [0.4, 0.5) is 0 Å². The average Bonchev–Trinajstić information content (AvgIpc) is 2.88. The number of esters is 1. The van der Waals surface area contributed by atoms with E-state index < -0.39 is 0 Å². The molecule has 100 valence electrons. The molecule has 1 fully saturated rings. The number of aromatic nitrogens is 2. The Labute approximate surface area is 112 Å². The van der Waals surface area contributed by atoms with Crippen LogP contribution in [-0.2, 0) is 16.3 Å². The molecule has 1 aromatic heterocycles. The standard InChI is InChI=1S/C15H18N2O2/c18-15(12-6-2-1-3-7-12)19-11-17-10-13-8-4-5-9-14(13)16-17/h4-5,8-10,12H,1-3,6-7,11H2. The molecule has 0 spiro atoms. The molecule has 2 aromatic rings. The fraction of sp³-hybridized carbons (Fsp3) is 0.467. The molecular formula is C15H18N2O2. The number of carbonyl (C=O) groups excluding carboxylic acids is 1. The van der Waals surface area contributed by atoms with E-state index in [2.05, 4.69) is 5.10 Å². The first-order valence-corrected chi connectivity index (χ1v) is 6.92. The summed E-state index contributed by atoms with van der Waals surface area (Å²) in [6, 6.07) is 7.88. The summed E-state index contributed by atoms with van der Waals surface area (Å²) in [5, 5.41) is 5.44. The highest BCUT2D eigenvalue weighted by atomic mass is 16.5. The summed E-state index contributed by atoms with van der Waals surface area (Å²) in [4.78, 5) is 11.9. The number of ether oxygens (including phenoxy) is 1. The third kappa shape index (κ3) is 2.78. The lowest BCUT2D eigenvalue weighted by Gasteiger charge is -2.19.